The fourth-order valence-electron chi connectivity index (χ4n) is 5.44. The summed E-state index contributed by atoms with van der Waals surface area (Å²) in [4.78, 5) is 35.5. The van der Waals surface area contributed by atoms with Crippen LogP contribution in [0.25, 0.3) is 17.5 Å². The van der Waals surface area contributed by atoms with E-state index in [1.54, 1.807) is 34.1 Å². The van der Waals surface area contributed by atoms with Gasteiger partial charge in [0.15, 0.2) is 11.6 Å². The molecule has 2 aliphatic carbocycles. The second-order valence-electron chi connectivity index (χ2n) is 9.06. The Morgan fingerprint density at radius 3 is 2.59 bits per heavy atom. The molecular weight excluding hydrogens is 409 g/mol. The lowest BCUT2D eigenvalue weighted by Gasteiger charge is -2.45. The number of rotatable bonds is 3. The Hall–Kier alpha value is -3.36. The Labute approximate surface area is 185 Å². The molecule has 0 N–H and O–H groups in total. The standard InChI is InChI=1S/C23H24FN7O/c1-14-11-23(14)21(32)29(2)18-13-27-22(28-20(18)31(23)16-5-3-4-6-16)30-10-9-25-19(30)17-8-7-15(24)12-26-17/h7-10,12-14,16H,3-6,11H2,1-2H3/t14-,23-/m0/s1. The number of halogens is 1. The van der Waals surface area contributed by atoms with Crippen molar-refractivity contribution in [1.29, 1.82) is 0 Å². The molecule has 164 valence electrons. The van der Waals surface area contributed by atoms with Crippen LogP contribution in [0.15, 0.2) is 36.9 Å². The number of fused-ring (bicyclic) bond motifs is 1. The van der Waals surface area contributed by atoms with Gasteiger partial charge in [0.1, 0.15) is 22.7 Å². The van der Waals surface area contributed by atoms with Crippen molar-refractivity contribution >= 4 is 17.4 Å². The molecule has 0 unspecified atom stereocenters. The summed E-state index contributed by atoms with van der Waals surface area (Å²) in [6.45, 7) is 2.15. The number of hydrogen-bond acceptors (Lipinski definition) is 6. The third kappa shape index (κ3) is 2.63. The van der Waals surface area contributed by atoms with Gasteiger partial charge in [0, 0.05) is 25.5 Å². The molecule has 0 aromatic carbocycles. The highest BCUT2D eigenvalue weighted by Crippen LogP contribution is 2.57. The maximum absolute atomic E-state index is 13.4. The molecule has 0 radical (unpaired) electrons. The van der Waals surface area contributed by atoms with Crippen molar-refractivity contribution in [3.8, 4) is 17.5 Å². The van der Waals surface area contributed by atoms with Crippen LogP contribution in [0.2, 0.25) is 0 Å². The highest BCUT2D eigenvalue weighted by molar-refractivity contribution is 6.09. The van der Waals surface area contributed by atoms with E-state index in [4.69, 9.17) is 4.98 Å². The first-order valence-corrected chi connectivity index (χ1v) is 11.1. The van der Waals surface area contributed by atoms with Crippen molar-refractivity contribution < 1.29 is 9.18 Å². The molecule has 2 atom stereocenters. The maximum Gasteiger partial charge on any atom is 0.253 e. The molecule has 2 fully saturated rings. The minimum absolute atomic E-state index is 0.139. The van der Waals surface area contributed by atoms with Gasteiger partial charge in [-0.3, -0.25) is 9.36 Å². The van der Waals surface area contributed by atoms with Gasteiger partial charge in [0.05, 0.1) is 12.4 Å². The molecule has 0 bridgehead atoms. The summed E-state index contributed by atoms with van der Waals surface area (Å²) >= 11 is 0. The fourth-order valence-corrected chi connectivity index (χ4v) is 5.44. The van der Waals surface area contributed by atoms with Gasteiger partial charge >= 0.3 is 0 Å². The first kappa shape index (κ1) is 19.3. The van der Waals surface area contributed by atoms with Crippen LogP contribution >= 0.6 is 0 Å². The molecule has 6 rings (SSSR count). The predicted molar refractivity (Wildman–Crippen MR) is 117 cm³/mol. The van der Waals surface area contributed by atoms with Crippen LogP contribution < -0.4 is 9.80 Å². The number of carbonyl (C=O) groups is 1. The number of aromatic nitrogens is 5. The summed E-state index contributed by atoms with van der Waals surface area (Å²) < 4.78 is 15.1. The molecule has 3 aromatic heterocycles. The normalized spacial score (nSPS) is 25.0. The highest BCUT2D eigenvalue weighted by Gasteiger charge is 2.66. The molecule has 1 aliphatic heterocycles. The molecule has 0 saturated heterocycles. The molecule has 3 aliphatic rings. The van der Waals surface area contributed by atoms with E-state index in [1.165, 1.54) is 25.1 Å². The van der Waals surface area contributed by atoms with Gasteiger partial charge in [0.2, 0.25) is 5.95 Å². The number of pyridine rings is 1. The summed E-state index contributed by atoms with van der Waals surface area (Å²) in [6.07, 6.45) is 11.6. The lowest BCUT2D eigenvalue weighted by molar-refractivity contribution is -0.121. The SMILES string of the molecule is C[C@H]1C[C@@]12C(=O)N(C)c1cnc(-n3ccnc3-c3ccc(F)cn3)nc1N2C1CCCC1. The largest absolute Gasteiger partial charge is 0.337 e. The number of likely N-dealkylation sites (N-methyl/N-ethyl adjacent to an activating group) is 1. The van der Waals surface area contributed by atoms with Crippen molar-refractivity contribution in [2.45, 2.75) is 50.6 Å². The van der Waals surface area contributed by atoms with Crippen molar-refractivity contribution in [2.24, 2.45) is 5.92 Å². The predicted octanol–water partition coefficient (Wildman–Crippen LogP) is 3.37. The van der Waals surface area contributed by atoms with Crippen molar-refractivity contribution in [2.75, 3.05) is 16.8 Å². The Morgan fingerprint density at radius 1 is 1.12 bits per heavy atom. The number of nitrogens with zero attached hydrogens (tertiary/aromatic N) is 7. The summed E-state index contributed by atoms with van der Waals surface area (Å²) in [7, 11) is 1.81. The summed E-state index contributed by atoms with van der Waals surface area (Å²) in [5, 5.41) is 0. The van der Waals surface area contributed by atoms with E-state index in [2.05, 4.69) is 26.8 Å². The zero-order valence-corrected chi connectivity index (χ0v) is 18.1. The van der Waals surface area contributed by atoms with Gasteiger partial charge in [0.25, 0.3) is 5.91 Å². The average Bonchev–Trinajstić information content (AvgIpc) is 3.21. The van der Waals surface area contributed by atoms with Crippen molar-refractivity contribution in [3.63, 3.8) is 0 Å². The van der Waals surface area contributed by atoms with E-state index in [-0.39, 0.29) is 11.8 Å². The smallest absolute Gasteiger partial charge is 0.253 e. The number of hydrogen-bond donors (Lipinski definition) is 0. The molecule has 8 nitrogen and oxygen atoms in total. The molecule has 2 saturated carbocycles. The Balaban J connectivity index is 1.49. The number of amides is 1. The van der Waals surface area contributed by atoms with Crippen LogP contribution in [-0.2, 0) is 4.79 Å². The fraction of sp³-hybridized carbons (Fsp3) is 0.435. The molecule has 1 spiro atoms. The number of anilines is 2. The average molecular weight is 433 g/mol. The first-order valence-electron chi connectivity index (χ1n) is 11.1. The van der Waals surface area contributed by atoms with E-state index >= 15 is 0 Å². The molecule has 1 amide bonds. The molecule has 32 heavy (non-hydrogen) atoms. The Kier molecular flexibility index (Phi) is 4.12. The first-order chi connectivity index (χ1) is 15.5. The van der Waals surface area contributed by atoms with Gasteiger partial charge < -0.3 is 9.80 Å². The summed E-state index contributed by atoms with van der Waals surface area (Å²) in [6, 6.07) is 3.25. The zero-order valence-electron chi connectivity index (χ0n) is 18.1. The van der Waals surface area contributed by atoms with Gasteiger partial charge in [-0.1, -0.05) is 19.8 Å². The second-order valence-corrected chi connectivity index (χ2v) is 9.06. The van der Waals surface area contributed by atoms with E-state index < -0.39 is 11.4 Å². The minimum Gasteiger partial charge on any atom is -0.337 e. The van der Waals surface area contributed by atoms with Crippen LogP contribution in [0, 0.1) is 11.7 Å². The molecule has 4 heterocycles. The Bertz CT molecular complexity index is 1200. The van der Waals surface area contributed by atoms with Crippen LogP contribution in [0.3, 0.4) is 0 Å². The summed E-state index contributed by atoms with van der Waals surface area (Å²) in [5.74, 6) is 1.82. The third-order valence-electron chi connectivity index (χ3n) is 7.21. The van der Waals surface area contributed by atoms with Gasteiger partial charge in [-0.15, -0.1) is 0 Å². The lowest BCUT2D eigenvalue weighted by Crippen LogP contribution is -2.59. The lowest BCUT2D eigenvalue weighted by atomic mass is 10.0. The maximum atomic E-state index is 13.4. The third-order valence-corrected chi connectivity index (χ3v) is 7.21. The van der Waals surface area contributed by atoms with E-state index in [9.17, 15) is 9.18 Å². The molecular formula is C23H24FN7O. The van der Waals surface area contributed by atoms with E-state index in [1.807, 2.05) is 7.05 Å². The Morgan fingerprint density at radius 2 is 1.91 bits per heavy atom. The number of carbonyl (C=O) groups excluding carboxylic acids is 1. The van der Waals surface area contributed by atoms with Crippen LogP contribution in [0.1, 0.15) is 39.0 Å². The van der Waals surface area contributed by atoms with E-state index in [0.717, 1.165) is 30.8 Å². The second kappa shape index (κ2) is 6.82. The monoisotopic (exact) mass is 433 g/mol. The van der Waals surface area contributed by atoms with Crippen molar-refractivity contribution in [3.05, 3.63) is 42.7 Å². The highest BCUT2D eigenvalue weighted by atomic mass is 19.1. The topological polar surface area (TPSA) is 80.0 Å². The number of imidazole rings is 1. The molecule has 9 heteroatoms. The van der Waals surface area contributed by atoms with Crippen LogP contribution in [-0.4, -0.2) is 49.0 Å². The van der Waals surface area contributed by atoms with E-state index in [0.29, 0.717) is 23.5 Å². The van der Waals surface area contributed by atoms with Gasteiger partial charge in [-0.25, -0.2) is 19.3 Å². The van der Waals surface area contributed by atoms with Crippen LogP contribution in [0.4, 0.5) is 15.9 Å². The zero-order chi connectivity index (χ0) is 22.0. The van der Waals surface area contributed by atoms with Crippen molar-refractivity contribution in [1.82, 2.24) is 24.5 Å². The minimum atomic E-state index is -0.501. The van der Waals surface area contributed by atoms with Crippen LogP contribution in [0.5, 0.6) is 0 Å². The van der Waals surface area contributed by atoms with Gasteiger partial charge in [-0.05, 0) is 37.3 Å². The van der Waals surface area contributed by atoms with Gasteiger partial charge in [-0.2, -0.15) is 4.98 Å². The quantitative estimate of drug-likeness (QED) is 0.630. The summed E-state index contributed by atoms with van der Waals surface area (Å²) in [5.41, 5.74) is 0.764. The molecule has 3 aromatic rings.